The van der Waals surface area contributed by atoms with Gasteiger partial charge in [0.1, 0.15) is 5.82 Å². The first kappa shape index (κ1) is 13.8. The molecule has 1 aromatic carbocycles. The Morgan fingerprint density at radius 1 is 1.21 bits per heavy atom. The molecule has 4 N–H and O–H groups in total. The molecule has 2 amide bonds. The molecule has 2 rings (SSSR count). The summed E-state index contributed by atoms with van der Waals surface area (Å²) in [5.41, 5.74) is 6.42. The predicted molar refractivity (Wildman–Crippen MR) is 73.4 cm³/mol. The van der Waals surface area contributed by atoms with E-state index < -0.39 is 0 Å². The molecule has 0 atom stereocenters. The minimum atomic E-state index is -0.315. The van der Waals surface area contributed by atoms with Crippen molar-refractivity contribution in [3.63, 3.8) is 0 Å². The van der Waals surface area contributed by atoms with Gasteiger partial charge in [-0.05, 0) is 55.9 Å². The van der Waals surface area contributed by atoms with E-state index in [1.807, 2.05) is 0 Å². The van der Waals surface area contributed by atoms with Gasteiger partial charge in [0.05, 0.1) is 0 Å². The monoisotopic (exact) mass is 265 g/mol. The summed E-state index contributed by atoms with van der Waals surface area (Å²) in [5, 5.41) is 5.52. The number of benzene rings is 1. The minimum absolute atomic E-state index is 0.249. The van der Waals surface area contributed by atoms with E-state index in [0.29, 0.717) is 24.2 Å². The Hall–Kier alpha value is -1.62. The Kier molecular flexibility index (Phi) is 4.74. The number of carbonyl (C=O) groups is 1. The molecule has 0 aromatic heterocycles. The Morgan fingerprint density at radius 3 is 2.47 bits per heavy atom. The number of anilines is 1. The molecule has 0 unspecified atom stereocenters. The Balaban J connectivity index is 1.71. The quantitative estimate of drug-likeness (QED) is 0.786. The van der Waals surface area contributed by atoms with Gasteiger partial charge >= 0.3 is 6.03 Å². The van der Waals surface area contributed by atoms with Crippen molar-refractivity contribution in [2.75, 3.05) is 11.9 Å². The lowest BCUT2D eigenvalue weighted by atomic mass is 9.86. The van der Waals surface area contributed by atoms with Crippen LogP contribution in [0.15, 0.2) is 24.3 Å². The lowest BCUT2D eigenvalue weighted by molar-refractivity contribution is 0.246. The topological polar surface area (TPSA) is 67.1 Å². The highest BCUT2D eigenvalue weighted by molar-refractivity contribution is 5.89. The molecule has 1 aliphatic carbocycles. The van der Waals surface area contributed by atoms with Crippen LogP contribution in [0.25, 0.3) is 0 Å². The van der Waals surface area contributed by atoms with Crippen LogP contribution in [0.2, 0.25) is 0 Å². The maximum absolute atomic E-state index is 12.7. The number of halogens is 1. The van der Waals surface area contributed by atoms with Gasteiger partial charge < -0.3 is 16.4 Å². The maximum Gasteiger partial charge on any atom is 0.319 e. The summed E-state index contributed by atoms with van der Waals surface area (Å²) >= 11 is 0. The van der Waals surface area contributed by atoms with Crippen LogP contribution in [0.3, 0.4) is 0 Å². The molecule has 0 radical (unpaired) electrons. The summed E-state index contributed by atoms with van der Waals surface area (Å²) in [6.07, 6.45) is 4.20. The molecular weight excluding hydrogens is 245 g/mol. The number of hydrogen-bond donors (Lipinski definition) is 3. The number of rotatable bonds is 3. The van der Waals surface area contributed by atoms with E-state index >= 15 is 0 Å². The largest absolute Gasteiger partial charge is 0.338 e. The van der Waals surface area contributed by atoms with Crippen LogP contribution < -0.4 is 16.4 Å². The lowest BCUT2D eigenvalue weighted by Crippen LogP contribution is -2.36. The third-order valence-electron chi connectivity index (χ3n) is 3.54. The van der Waals surface area contributed by atoms with Gasteiger partial charge in [-0.2, -0.15) is 0 Å². The second kappa shape index (κ2) is 6.52. The first-order valence-electron chi connectivity index (χ1n) is 6.69. The van der Waals surface area contributed by atoms with Crippen molar-refractivity contribution in [3.8, 4) is 0 Å². The molecule has 19 heavy (non-hydrogen) atoms. The molecule has 1 saturated carbocycles. The van der Waals surface area contributed by atoms with Crippen molar-refractivity contribution in [1.29, 1.82) is 0 Å². The highest BCUT2D eigenvalue weighted by Crippen LogP contribution is 2.22. The van der Waals surface area contributed by atoms with Crippen molar-refractivity contribution in [2.45, 2.75) is 31.7 Å². The van der Waals surface area contributed by atoms with Crippen molar-refractivity contribution >= 4 is 11.7 Å². The second-order valence-electron chi connectivity index (χ2n) is 5.12. The van der Waals surface area contributed by atoms with Crippen molar-refractivity contribution in [2.24, 2.45) is 11.7 Å². The number of nitrogens with one attached hydrogen (secondary N) is 2. The molecule has 1 aromatic rings. The van der Waals surface area contributed by atoms with Crippen LogP contribution in [-0.4, -0.2) is 18.6 Å². The van der Waals surface area contributed by atoms with Gasteiger partial charge in [0, 0.05) is 18.3 Å². The Morgan fingerprint density at radius 2 is 1.84 bits per heavy atom. The first-order valence-corrected chi connectivity index (χ1v) is 6.69. The number of carbonyl (C=O) groups excluding carboxylic acids is 1. The fourth-order valence-electron chi connectivity index (χ4n) is 2.34. The summed E-state index contributed by atoms with van der Waals surface area (Å²) in [6, 6.07) is 5.78. The fraction of sp³-hybridized carbons (Fsp3) is 0.500. The van der Waals surface area contributed by atoms with Crippen LogP contribution >= 0.6 is 0 Å². The van der Waals surface area contributed by atoms with E-state index in [-0.39, 0.29) is 11.8 Å². The molecule has 0 heterocycles. The van der Waals surface area contributed by atoms with Crippen molar-refractivity contribution in [1.82, 2.24) is 5.32 Å². The van der Waals surface area contributed by atoms with Crippen LogP contribution in [-0.2, 0) is 0 Å². The first-order chi connectivity index (χ1) is 9.13. The second-order valence-corrected chi connectivity index (χ2v) is 5.12. The van der Waals surface area contributed by atoms with Gasteiger partial charge in [0.2, 0.25) is 0 Å². The van der Waals surface area contributed by atoms with Gasteiger partial charge in [0.25, 0.3) is 0 Å². The minimum Gasteiger partial charge on any atom is -0.338 e. The highest BCUT2D eigenvalue weighted by atomic mass is 19.1. The summed E-state index contributed by atoms with van der Waals surface area (Å²) in [5.74, 6) is 0.197. The zero-order valence-electron chi connectivity index (χ0n) is 10.9. The van der Waals surface area contributed by atoms with Crippen molar-refractivity contribution < 1.29 is 9.18 Å². The molecule has 0 aliphatic heterocycles. The average molecular weight is 265 g/mol. The summed E-state index contributed by atoms with van der Waals surface area (Å²) < 4.78 is 12.7. The molecule has 104 valence electrons. The SMILES string of the molecule is NC1CCC(CNC(=O)Nc2ccc(F)cc2)CC1. The highest BCUT2D eigenvalue weighted by Gasteiger charge is 2.18. The Bertz CT molecular complexity index is 413. The number of hydrogen-bond acceptors (Lipinski definition) is 2. The Labute approximate surface area is 112 Å². The van der Waals surface area contributed by atoms with Crippen LogP contribution in [0.4, 0.5) is 14.9 Å². The molecule has 0 spiro atoms. The predicted octanol–water partition coefficient (Wildman–Crippen LogP) is 2.46. The van der Waals surface area contributed by atoms with Gasteiger partial charge in [-0.1, -0.05) is 0 Å². The molecule has 0 saturated heterocycles. The van der Waals surface area contributed by atoms with Gasteiger partial charge in [-0.3, -0.25) is 0 Å². The third kappa shape index (κ3) is 4.52. The van der Waals surface area contributed by atoms with Gasteiger partial charge in [0.15, 0.2) is 0 Å². The fourth-order valence-corrected chi connectivity index (χ4v) is 2.34. The van der Waals surface area contributed by atoms with Gasteiger partial charge in [-0.15, -0.1) is 0 Å². The zero-order valence-corrected chi connectivity index (χ0v) is 10.9. The standard InChI is InChI=1S/C14H20FN3O/c15-11-3-7-13(8-4-11)18-14(19)17-9-10-1-5-12(16)6-2-10/h3-4,7-8,10,12H,1-2,5-6,9,16H2,(H2,17,18,19). The smallest absolute Gasteiger partial charge is 0.319 e. The molecule has 5 heteroatoms. The molecule has 4 nitrogen and oxygen atoms in total. The number of amides is 2. The summed E-state index contributed by atoms with van der Waals surface area (Å²) in [6.45, 7) is 0.666. The molecular formula is C14H20FN3O. The van der Waals surface area contributed by atoms with E-state index in [2.05, 4.69) is 10.6 Å². The average Bonchev–Trinajstić information content (AvgIpc) is 2.41. The van der Waals surface area contributed by atoms with E-state index in [0.717, 1.165) is 25.7 Å². The zero-order chi connectivity index (χ0) is 13.7. The van der Waals surface area contributed by atoms with Crippen LogP contribution in [0, 0.1) is 11.7 Å². The third-order valence-corrected chi connectivity index (χ3v) is 3.54. The van der Waals surface area contributed by atoms with Crippen LogP contribution in [0.1, 0.15) is 25.7 Å². The van der Waals surface area contributed by atoms with Gasteiger partial charge in [-0.25, -0.2) is 9.18 Å². The van der Waals surface area contributed by atoms with E-state index in [1.165, 1.54) is 24.3 Å². The normalized spacial score (nSPS) is 22.8. The van der Waals surface area contributed by atoms with E-state index in [4.69, 9.17) is 5.73 Å². The van der Waals surface area contributed by atoms with Crippen LogP contribution in [0.5, 0.6) is 0 Å². The maximum atomic E-state index is 12.7. The molecule has 1 fully saturated rings. The lowest BCUT2D eigenvalue weighted by Gasteiger charge is -2.26. The van der Waals surface area contributed by atoms with E-state index in [9.17, 15) is 9.18 Å². The number of nitrogens with two attached hydrogens (primary N) is 1. The summed E-state index contributed by atoms with van der Waals surface area (Å²) in [4.78, 5) is 11.7. The molecule has 1 aliphatic rings. The van der Waals surface area contributed by atoms with E-state index in [1.54, 1.807) is 0 Å². The summed E-state index contributed by atoms with van der Waals surface area (Å²) in [7, 11) is 0. The van der Waals surface area contributed by atoms with Crippen molar-refractivity contribution in [3.05, 3.63) is 30.1 Å². The molecule has 0 bridgehead atoms. The number of urea groups is 1.